The van der Waals surface area contributed by atoms with Gasteiger partial charge in [-0.3, -0.25) is 4.79 Å². The van der Waals surface area contributed by atoms with Gasteiger partial charge < -0.3 is 4.90 Å². The molecule has 0 heterocycles. The van der Waals surface area contributed by atoms with E-state index in [1.54, 1.807) is 0 Å². The molecule has 1 fully saturated rings. The highest BCUT2D eigenvalue weighted by Crippen LogP contribution is 2.26. The van der Waals surface area contributed by atoms with Gasteiger partial charge in [0.1, 0.15) is 0 Å². The summed E-state index contributed by atoms with van der Waals surface area (Å²) in [7, 11) is 2.03. The summed E-state index contributed by atoms with van der Waals surface area (Å²) in [6, 6.07) is 6.42. The lowest BCUT2D eigenvalue weighted by Crippen LogP contribution is -2.31. The third-order valence-electron chi connectivity index (χ3n) is 4.22. The van der Waals surface area contributed by atoms with Crippen molar-refractivity contribution in [2.24, 2.45) is 5.92 Å². The molecule has 19 heavy (non-hydrogen) atoms. The molecule has 2 nitrogen and oxygen atoms in total. The number of carbonyl (C=O) groups excluding carboxylic acids is 1. The maximum absolute atomic E-state index is 12.3. The van der Waals surface area contributed by atoms with Gasteiger partial charge in [-0.15, -0.1) is 0 Å². The number of hydrogen-bond donors (Lipinski definition) is 0. The predicted molar refractivity (Wildman–Crippen MR) is 80.8 cm³/mol. The Morgan fingerprint density at radius 1 is 1.21 bits per heavy atom. The first kappa shape index (κ1) is 14.1. The van der Waals surface area contributed by atoms with Crippen molar-refractivity contribution in [2.75, 3.05) is 18.5 Å². The zero-order chi connectivity index (χ0) is 13.8. The lowest BCUT2D eigenvalue weighted by Gasteiger charge is -2.25. The SMILES string of the molecule is Cc1ccc(N(C)CC(=O)C2CCCCC2)c(C)c1. The number of likely N-dealkylation sites (N-methyl/N-ethyl adjacent to an activating group) is 1. The summed E-state index contributed by atoms with van der Waals surface area (Å²) in [4.78, 5) is 14.4. The van der Waals surface area contributed by atoms with Crippen molar-refractivity contribution >= 4 is 11.5 Å². The van der Waals surface area contributed by atoms with Crippen LogP contribution in [0.15, 0.2) is 18.2 Å². The van der Waals surface area contributed by atoms with Crippen molar-refractivity contribution in [2.45, 2.75) is 46.0 Å². The number of benzene rings is 1. The summed E-state index contributed by atoms with van der Waals surface area (Å²) in [5, 5.41) is 0. The average molecular weight is 259 g/mol. The number of aryl methyl sites for hydroxylation is 2. The number of nitrogens with zero attached hydrogens (tertiary/aromatic N) is 1. The first-order valence-corrected chi connectivity index (χ1v) is 7.39. The van der Waals surface area contributed by atoms with Gasteiger partial charge >= 0.3 is 0 Å². The third kappa shape index (κ3) is 3.59. The average Bonchev–Trinajstić information content (AvgIpc) is 2.39. The quantitative estimate of drug-likeness (QED) is 0.817. The van der Waals surface area contributed by atoms with Crippen molar-refractivity contribution < 1.29 is 4.79 Å². The van der Waals surface area contributed by atoms with Crippen LogP contribution in [-0.2, 0) is 4.79 Å². The largest absolute Gasteiger partial charge is 0.367 e. The second kappa shape index (κ2) is 6.23. The molecule has 1 saturated carbocycles. The van der Waals surface area contributed by atoms with E-state index in [9.17, 15) is 4.79 Å². The highest BCUT2D eigenvalue weighted by atomic mass is 16.1. The van der Waals surface area contributed by atoms with E-state index >= 15 is 0 Å². The van der Waals surface area contributed by atoms with E-state index < -0.39 is 0 Å². The summed E-state index contributed by atoms with van der Waals surface area (Å²) in [5.74, 6) is 0.726. The Kier molecular flexibility index (Phi) is 4.62. The first-order valence-electron chi connectivity index (χ1n) is 7.39. The Labute approximate surface area is 116 Å². The van der Waals surface area contributed by atoms with Crippen LogP contribution in [0.4, 0.5) is 5.69 Å². The van der Waals surface area contributed by atoms with Gasteiger partial charge in [-0.2, -0.15) is 0 Å². The van der Waals surface area contributed by atoms with Gasteiger partial charge in [0.05, 0.1) is 6.54 Å². The van der Waals surface area contributed by atoms with Crippen LogP contribution < -0.4 is 4.90 Å². The van der Waals surface area contributed by atoms with Crippen LogP contribution in [-0.4, -0.2) is 19.4 Å². The van der Waals surface area contributed by atoms with E-state index in [1.807, 2.05) is 7.05 Å². The van der Waals surface area contributed by atoms with Gasteiger partial charge in [0.15, 0.2) is 5.78 Å². The molecule has 0 aliphatic heterocycles. The minimum absolute atomic E-state index is 0.307. The van der Waals surface area contributed by atoms with Crippen LogP contribution in [0.2, 0.25) is 0 Å². The van der Waals surface area contributed by atoms with E-state index in [0.717, 1.165) is 12.8 Å². The van der Waals surface area contributed by atoms with Crippen LogP contribution in [0.1, 0.15) is 43.2 Å². The molecule has 2 heteroatoms. The summed E-state index contributed by atoms with van der Waals surface area (Å²) in [6.07, 6.45) is 5.95. The van der Waals surface area contributed by atoms with Crippen LogP contribution in [0.3, 0.4) is 0 Å². The summed E-state index contributed by atoms with van der Waals surface area (Å²) in [5.41, 5.74) is 3.70. The number of anilines is 1. The molecule has 0 amide bonds. The number of ketones is 1. The van der Waals surface area contributed by atoms with E-state index in [4.69, 9.17) is 0 Å². The predicted octanol–water partition coefficient (Wildman–Crippen LogP) is 3.89. The zero-order valence-corrected chi connectivity index (χ0v) is 12.4. The normalized spacial score (nSPS) is 16.4. The third-order valence-corrected chi connectivity index (χ3v) is 4.22. The summed E-state index contributed by atoms with van der Waals surface area (Å²) >= 11 is 0. The van der Waals surface area contributed by atoms with E-state index in [-0.39, 0.29) is 0 Å². The van der Waals surface area contributed by atoms with Gasteiger partial charge in [0.25, 0.3) is 0 Å². The van der Waals surface area contributed by atoms with Gasteiger partial charge in [-0.1, -0.05) is 37.0 Å². The van der Waals surface area contributed by atoms with Crippen LogP contribution in [0.25, 0.3) is 0 Å². The second-order valence-corrected chi connectivity index (χ2v) is 5.95. The summed E-state index contributed by atoms with van der Waals surface area (Å²) < 4.78 is 0. The van der Waals surface area contributed by atoms with Gasteiger partial charge in [0.2, 0.25) is 0 Å². The maximum atomic E-state index is 12.3. The van der Waals surface area contributed by atoms with E-state index in [2.05, 4.69) is 36.9 Å². The molecule has 104 valence electrons. The fraction of sp³-hybridized carbons (Fsp3) is 0.588. The zero-order valence-electron chi connectivity index (χ0n) is 12.4. The molecule has 0 aromatic heterocycles. The molecular weight excluding hydrogens is 234 g/mol. The molecule has 0 atom stereocenters. The topological polar surface area (TPSA) is 20.3 Å². The molecule has 0 bridgehead atoms. The Morgan fingerprint density at radius 3 is 2.53 bits per heavy atom. The molecule has 2 rings (SSSR count). The van der Waals surface area contributed by atoms with Gasteiger partial charge in [-0.05, 0) is 38.3 Å². The lowest BCUT2D eigenvalue weighted by molar-refractivity contribution is -0.122. The molecule has 0 N–H and O–H groups in total. The Hall–Kier alpha value is -1.31. The second-order valence-electron chi connectivity index (χ2n) is 5.95. The number of carbonyl (C=O) groups is 1. The molecule has 0 saturated heterocycles. The van der Waals surface area contributed by atoms with Gasteiger partial charge in [0, 0.05) is 18.7 Å². The maximum Gasteiger partial charge on any atom is 0.155 e. The lowest BCUT2D eigenvalue weighted by atomic mass is 9.86. The van der Waals surface area contributed by atoms with E-state index in [0.29, 0.717) is 18.2 Å². The molecule has 1 aromatic rings. The Bertz CT molecular complexity index is 447. The molecule has 0 unspecified atom stereocenters. The number of Topliss-reactive ketones (excluding diaryl/α,β-unsaturated/α-hetero) is 1. The first-order chi connectivity index (χ1) is 9.08. The standard InChI is InChI=1S/C17H25NO/c1-13-9-10-16(14(2)11-13)18(3)12-17(19)15-7-5-4-6-8-15/h9-11,15H,4-8,12H2,1-3H3. The monoisotopic (exact) mass is 259 g/mol. The molecule has 1 aliphatic carbocycles. The van der Waals surface area contributed by atoms with E-state index in [1.165, 1.54) is 36.1 Å². The van der Waals surface area contributed by atoms with Gasteiger partial charge in [-0.25, -0.2) is 0 Å². The van der Waals surface area contributed by atoms with Crippen molar-refractivity contribution in [3.05, 3.63) is 29.3 Å². The minimum Gasteiger partial charge on any atom is -0.367 e. The smallest absolute Gasteiger partial charge is 0.155 e. The minimum atomic E-state index is 0.307. The van der Waals surface area contributed by atoms with Crippen LogP contribution >= 0.6 is 0 Å². The Balaban J connectivity index is 1.99. The van der Waals surface area contributed by atoms with Crippen molar-refractivity contribution in [3.63, 3.8) is 0 Å². The highest BCUT2D eigenvalue weighted by molar-refractivity contribution is 5.85. The fourth-order valence-corrected chi connectivity index (χ4v) is 3.11. The fourth-order valence-electron chi connectivity index (χ4n) is 3.11. The van der Waals surface area contributed by atoms with Crippen molar-refractivity contribution in [1.82, 2.24) is 0 Å². The molecule has 0 radical (unpaired) electrons. The molecular formula is C17H25NO. The van der Waals surface area contributed by atoms with Crippen molar-refractivity contribution in [3.8, 4) is 0 Å². The highest BCUT2D eigenvalue weighted by Gasteiger charge is 2.22. The molecule has 1 aromatic carbocycles. The number of hydrogen-bond acceptors (Lipinski definition) is 2. The molecule has 1 aliphatic rings. The number of rotatable bonds is 4. The van der Waals surface area contributed by atoms with Crippen LogP contribution in [0.5, 0.6) is 0 Å². The van der Waals surface area contributed by atoms with Crippen LogP contribution in [0, 0.1) is 19.8 Å². The molecule has 0 spiro atoms. The van der Waals surface area contributed by atoms with Crippen molar-refractivity contribution in [1.29, 1.82) is 0 Å². The summed E-state index contributed by atoms with van der Waals surface area (Å²) in [6.45, 7) is 4.77. The Morgan fingerprint density at radius 2 is 1.89 bits per heavy atom.